The van der Waals surface area contributed by atoms with Crippen molar-refractivity contribution in [2.45, 2.75) is 24.3 Å². The summed E-state index contributed by atoms with van der Waals surface area (Å²) in [6.45, 7) is 7.74. The molecule has 3 rings (SSSR count). The zero-order valence-electron chi connectivity index (χ0n) is 13.0. The van der Waals surface area contributed by atoms with Gasteiger partial charge in [0.25, 0.3) is 0 Å². The molecule has 0 unspecified atom stereocenters. The van der Waals surface area contributed by atoms with Crippen molar-refractivity contribution < 1.29 is 4.79 Å². The van der Waals surface area contributed by atoms with Gasteiger partial charge >= 0.3 is 0 Å². The normalized spacial score (nSPS) is 12.4. The first-order valence-corrected chi connectivity index (χ1v) is 8.15. The quantitative estimate of drug-likeness (QED) is 0.442. The Morgan fingerprint density at radius 2 is 2.22 bits per heavy atom. The van der Waals surface area contributed by atoms with Crippen LogP contribution in [0.2, 0.25) is 0 Å². The van der Waals surface area contributed by atoms with Crippen LogP contribution in [0.1, 0.15) is 12.7 Å². The zero-order valence-corrected chi connectivity index (χ0v) is 13.8. The Morgan fingerprint density at radius 3 is 3.00 bits per heavy atom. The van der Waals surface area contributed by atoms with E-state index in [0.717, 1.165) is 16.6 Å². The number of nitrogens with zero attached hydrogens (tertiary/aromatic N) is 4. The number of rotatable bonds is 5. The van der Waals surface area contributed by atoms with E-state index in [1.165, 1.54) is 11.8 Å². The van der Waals surface area contributed by atoms with E-state index in [9.17, 15) is 4.79 Å². The molecule has 6 nitrogen and oxygen atoms in total. The fraction of sp³-hybridized carbons (Fsp3) is 0.250. The topological polar surface area (TPSA) is 72.2 Å². The van der Waals surface area contributed by atoms with Crippen LogP contribution in [0.25, 0.3) is 16.6 Å². The lowest BCUT2D eigenvalue weighted by atomic mass is 10.2. The number of hydrogen-bond donors (Lipinski definition) is 1. The molecule has 7 heteroatoms. The number of para-hydroxylation sites is 1. The number of benzene rings is 1. The standard InChI is InChI=1S/C16H17N5OS/c1-4-9-17-15(22)10(2)23-16-19-13-8-6-5-7-12(13)14-18-11(3)20-21(14)16/h4-8,10H,1,9H2,2-3H3,(H,17,22)/t10-/m0/s1. The van der Waals surface area contributed by atoms with Crippen LogP contribution in [-0.4, -0.2) is 37.3 Å². The minimum atomic E-state index is -0.295. The van der Waals surface area contributed by atoms with Gasteiger partial charge in [-0.05, 0) is 26.0 Å². The van der Waals surface area contributed by atoms with Crippen LogP contribution >= 0.6 is 11.8 Å². The number of aryl methyl sites for hydroxylation is 1. The number of carbonyl (C=O) groups excluding carboxylic acids is 1. The van der Waals surface area contributed by atoms with E-state index < -0.39 is 0 Å². The highest BCUT2D eigenvalue weighted by Gasteiger charge is 2.19. The number of carbonyl (C=O) groups is 1. The number of hydrogen-bond acceptors (Lipinski definition) is 5. The van der Waals surface area contributed by atoms with Crippen molar-refractivity contribution >= 4 is 34.2 Å². The van der Waals surface area contributed by atoms with Crippen molar-refractivity contribution in [1.82, 2.24) is 24.9 Å². The molecule has 0 saturated carbocycles. The highest BCUT2D eigenvalue weighted by atomic mass is 32.2. The molecule has 0 fully saturated rings. The molecule has 0 aliphatic carbocycles. The van der Waals surface area contributed by atoms with E-state index in [0.29, 0.717) is 17.5 Å². The molecule has 1 atom stereocenters. The minimum Gasteiger partial charge on any atom is -0.352 e. The molecular weight excluding hydrogens is 310 g/mol. The summed E-state index contributed by atoms with van der Waals surface area (Å²) in [5.41, 5.74) is 1.60. The van der Waals surface area contributed by atoms with Crippen molar-refractivity contribution in [2.75, 3.05) is 6.54 Å². The van der Waals surface area contributed by atoms with E-state index in [2.05, 4.69) is 27.0 Å². The number of nitrogens with one attached hydrogen (secondary N) is 1. The van der Waals surface area contributed by atoms with Crippen molar-refractivity contribution in [3.8, 4) is 0 Å². The van der Waals surface area contributed by atoms with E-state index in [4.69, 9.17) is 0 Å². The Kier molecular flexibility index (Phi) is 4.29. The van der Waals surface area contributed by atoms with E-state index in [1.54, 1.807) is 10.6 Å². The van der Waals surface area contributed by atoms with Gasteiger partial charge < -0.3 is 5.32 Å². The fourth-order valence-electron chi connectivity index (χ4n) is 2.24. The minimum absolute atomic E-state index is 0.0603. The number of fused-ring (bicyclic) bond motifs is 3. The summed E-state index contributed by atoms with van der Waals surface area (Å²) in [7, 11) is 0. The van der Waals surface area contributed by atoms with Gasteiger partial charge in [-0.2, -0.15) is 4.52 Å². The molecule has 0 saturated heterocycles. The summed E-state index contributed by atoms with van der Waals surface area (Å²) in [5, 5.41) is 8.51. The number of amides is 1. The SMILES string of the molecule is C=CCNC(=O)[C@H](C)Sc1nc2ccccc2c2nc(C)nn12. The molecule has 0 aliphatic rings. The highest BCUT2D eigenvalue weighted by Crippen LogP contribution is 2.26. The molecule has 0 aliphatic heterocycles. The van der Waals surface area contributed by atoms with Crippen molar-refractivity contribution in [3.63, 3.8) is 0 Å². The van der Waals surface area contributed by atoms with Gasteiger partial charge in [0.2, 0.25) is 5.91 Å². The van der Waals surface area contributed by atoms with Crippen LogP contribution in [0.5, 0.6) is 0 Å². The van der Waals surface area contributed by atoms with Crippen molar-refractivity contribution in [3.05, 3.63) is 42.7 Å². The summed E-state index contributed by atoms with van der Waals surface area (Å²) < 4.78 is 1.71. The van der Waals surface area contributed by atoms with Crippen LogP contribution in [-0.2, 0) is 4.79 Å². The monoisotopic (exact) mass is 327 g/mol. The maximum Gasteiger partial charge on any atom is 0.233 e. The van der Waals surface area contributed by atoms with Gasteiger partial charge in [-0.1, -0.05) is 30.0 Å². The first kappa shape index (κ1) is 15.5. The molecule has 1 amide bonds. The molecule has 23 heavy (non-hydrogen) atoms. The molecule has 0 radical (unpaired) electrons. The molecule has 2 heterocycles. The Labute approximate surface area is 138 Å². The van der Waals surface area contributed by atoms with Gasteiger partial charge in [-0.25, -0.2) is 9.97 Å². The van der Waals surface area contributed by atoms with Gasteiger partial charge in [0.15, 0.2) is 10.8 Å². The Hall–Kier alpha value is -2.41. The first-order chi connectivity index (χ1) is 11.1. The summed E-state index contributed by atoms with van der Waals surface area (Å²) in [5.74, 6) is 0.614. The summed E-state index contributed by atoms with van der Waals surface area (Å²) in [6, 6.07) is 7.79. The third kappa shape index (κ3) is 3.05. The van der Waals surface area contributed by atoms with Gasteiger partial charge in [-0.3, -0.25) is 4.79 Å². The second kappa shape index (κ2) is 6.37. The van der Waals surface area contributed by atoms with E-state index >= 15 is 0 Å². The molecule has 1 aromatic carbocycles. The summed E-state index contributed by atoms with van der Waals surface area (Å²) in [6.07, 6.45) is 1.66. The third-order valence-corrected chi connectivity index (χ3v) is 4.37. The Morgan fingerprint density at radius 1 is 1.43 bits per heavy atom. The van der Waals surface area contributed by atoms with Gasteiger partial charge in [0.1, 0.15) is 5.82 Å². The van der Waals surface area contributed by atoms with Gasteiger partial charge in [0.05, 0.1) is 10.8 Å². The second-order valence-corrected chi connectivity index (χ2v) is 6.41. The molecule has 118 valence electrons. The Bertz CT molecular complexity index is 889. The maximum atomic E-state index is 12.1. The van der Waals surface area contributed by atoms with Crippen LogP contribution in [0, 0.1) is 6.92 Å². The van der Waals surface area contributed by atoms with Crippen LogP contribution in [0.4, 0.5) is 0 Å². The lowest BCUT2D eigenvalue weighted by Crippen LogP contribution is -2.31. The second-order valence-electron chi connectivity index (χ2n) is 5.10. The first-order valence-electron chi connectivity index (χ1n) is 7.27. The smallest absolute Gasteiger partial charge is 0.233 e. The van der Waals surface area contributed by atoms with Gasteiger partial charge in [0, 0.05) is 11.9 Å². The summed E-state index contributed by atoms with van der Waals surface area (Å²) in [4.78, 5) is 21.2. The molecule has 3 aromatic rings. The lowest BCUT2D eigenvalue weighted by Gasteiger charge is -2.11. The molecule has 0 bridgehead atoms. The predicted octanol–water partition coefficient (Wildman–Crippen LogP) is 2.37. The van der Waals surface area contributed by atoms with Crippen molar-refractivity contribution in [1.29, 1.82) is 0 Å². The fourth-order valence-corrected chi connectivity index (χ4v) is 3.12. The van der Waals surface area contributed by atoms with Crippen molar-refractivity contribution in [2.24, 2.45) is 0 Å². The number of aromatic nitrogens is 4. The van der Waals surface area contributed by atoms with E-state index in [1.807, 2.05) is 38.1 Å². The molecular formula is C16H17N5OS. The highest BCUT2D eigenvalue weighted by molar-refractivity contribution is 8.00. The van der Waals surface area contributed by atoms with Crippen LogP contribution in [0.15, 0.2) is 42.1 Å². The molecule has 1 N–H and O–H groups in total. The molecule has 2 aromatic heterocycles. The Balaban J connectivity index is 2.02. The zero-order chi connectivity index (χ0) is 16.4. The van der Waals surface area contributed by atoms with Crippen LogP contribution < -0.4 is 5.32 Å². The van der Waals surface area contributed by atoms with E-state index in [-0.39, 0.29) is 11.2 Å². The average Bonchev–Trinajstić information content (AvgIpc) is 2.94. The maximum absolute atomic E-state index is 12.1. The largest absolute Gasteiger partial charge is 0.352 e. The van der Waals surface area contributed by atoms with Crippen LogP contribution in [0.3, 0.4) is 0 Å². The molecule has 0 spiro atoms. The lowest BCUT2D eigenvalue weighted by molar-refractivity contribution is -0.120. The summed E-state index contributed by atoms with van der Waals surface area (Å²) >= 11 is 1.36. The number of thioether (sulfide) groups is 1. The third-order valence-electron chi connectivity index (χ3n) is 3.33. The van der Waals surface area contributed by atoms with Gasteiger partial charge in [-0.15, -0.1) is 11.7 Å². The predicted molar refractivity (Wildman–Crippen MR) is 91.6 cm³/mol. The average molecular weight is 327 g/mol.